The van der Waals surface area contributed by atoms with Crippen LogP contribution in [0.25, 0.3) is 0 Å². The van der Waals surface area contributed by atoms with Gasteiger partial charge in [-0.25, -0.2) is 0 Å². The van der Waals surface area contributed by atoms with Gasteiger partial charge in [-0.3, -0.25) is 14.4 Å². The zero-order valence-electron chi connectivity index (χ0n) is 15.3. The van der Waals surface area contributed by atoms with Gasteiger partial charge in [-0.05, 0) is 31.2 Å². The molecule has 3 rings (SSSR count). The number of carbonyl (C=O) groups excluding carboxylic acids is 3. The summed E-state index contributed by atoms with van der Waals surface area (Å²) in [4.78, 5) is 36.6. The highest BCUT2D eigenvalue weighted by molar-refractivity contribution is 6.00. The van der Waals surface area contributed by atoms with Gasteiger partial charge in [0.15, 0.2) is 5.76 Å². The molecule has 0 radical (unpaired) electrons. The minimum atomic E-state index is -0.664. The number of aryl methyl sites for hydroxylation is 1. The van der Waals surface area contributed by atoms with E-state index in [-0.39, 0.29) is 17.5 Å². The highest BCUT2D eigenvalue weighted by Crippen LogP contribution is 2.59. The molecule has 1 heterocycles. The van der Waals surface area contributed by atoms with E-state index >= 15 is 0 Å². The first-order valence-electron chi connectivity index (χ1n) is 8.64. The molecular weight excluding hydrogens is 324 g/mol. The molecule has 2 aliphatic carbocycles. The zero-order valence-corrected chi connectivity index (χ0v) is 15.3. The number of fused-ring (bicyclic) bond motifs is 2. The van der Waals surface area contributed by atoms with Crippen molar-refractivity contribution >= 4 is 17.7 Å². The lowest BCUT2D eigenvalue weighted by Crippen LogP contribution is -2.56. The Hall–Kier alpha value is -2.11. The van der Waals surface area contributed by atoms with E-state index in [1.165, 1.54) is 20.1 Å². The van der Waals surface area contributed by atoms with Crippen LogP contribution in [-0.4, -0.2) is 23.8 Å². The first-order chi connectivity index (χ1) is 11.7. The molecule has 6 nitrogen and oxygen atoms in total. The second kappa shape index (κ2) is 6.00. The van der Waals surface area contributed by atoms with Gasteiger partial charge >= 0.3 is 11.9 Å². The molecule has 1 saturated carbocycles. The minimum Gasteiger partial charge on any atom is -0.462 e. The molecule has 1 aromatic heterocycles. The molecule has 6 heteroatoms. The molecule has 25 heavy (non-hydrogen) atoms. The van der Waals surface area contributed by atoms with E-state index in [1.54, 1.807) is 0 Å². The summed E-state index contributed by atoms with van der Waals surface area (Å²) in [6, 6.07) is 0. The number of ketones is 1. The van der Waals surface area contributed by atoms with E-state index in [9.17, 15) is 14.4 Å². The Morgan fingerprint density at radius 1 is 1.20 bits per heavy atom. The van der Waals surface area contributed by atoms with Crippen LogP contribution >= 0.6 is 0 Å². The summed E-state index contributed by atoms with van der Waals surface area (Å²) in [6.45, 7) is 8.56. The largest absolute Gasteiger partial charge is 0.462 e. The number of hydrogen-bond acceptors (Lipinski definition) is 6. The molecule has 0 unspecified atom stereocenters. The summed E-state index contributed by atoms with van der Waals surface area (Å²) in [7, 11) is 0. The molecule has 0 amide bonds. The van der Waals surface area contributed by atoms with Crippen molar-refractivity contribution in [1.82, 2.24) is 0 Å². The fraction of sp³-hybridized carbons (Fsp3) is 0.632. The third-order valence-corrected chi connectivity index (χ3v) is 5.95. The predicted octanol–water partition coefficient (Wildman–Crippen LogP) is 3.37. The van der Waals surface area contributed by atoms with Gasteiger partial charge in [0.05, 0.1) is 12.2 Å². The van der Waals surface area contributed by atoms with Gasteiger partial charge in [0.1, 0.15) is 12.2 Å². The Kier molecular flexibility index (Phi) is 4.25. The summed E-state index contributed by atoms with van der Waals surface area (Å²) in [5.74, 6) is -1.26. The second-order valence-electron chi connectivity index (χ2n) is 7.49. The molecule has 0 spiro atoms. The summed E-state index contributed by atoms with van der Waals surface area (Å²) in [5.41, 5.74) is 0.772. The Morgan fingerprint density at radius 2 is 1.84 bits per heavy atom. The number of ether oxygens (including phenoxy) is 2. The van der Waals surface area contributed by atoms with E-state index in [0.717, 1.165) is 12.0 Å². The first-order valence-corrected chi connectivity index (χ1v) is 8.64. The number of rotatable bonds is 2. The van der Waals surface area contributed by atoms with Crippen molar-refractivity contribution in [2.45, 2.75) is 59.7 Å². The maximum Gasteiger partial charge on any atom is 0.303 e. The van der Waals surface area contributed by atoms with Crippen molar-refractivity contribution in [1.29, 1.82) is 0 Å². The fourth-order valence-corrected chi connectivity index (χ4v) is 4.59. The highest BCUT2D eigenvalue weighted by Gasteiger charge is 2.62. The monoisotopic (exact) mass is 348 g/mol. The highest BCUT2D eigenvalue weighted by atomic mass is 16.6. The van der Waals surface area contributed by atoms with Crippen LogP contribution in [0.15, 0.2) is 10.7 Å². The van der Waals surface area contributed by atoms with Crippen LogP contribution in [0.3, 0.4) is 0 Å². The molecule has 0 saturated heterocycles. The Morgan fingerprint density at radius 3 is 2.44 bits per heavy atom. The lowest BCUT2D eigenvalue weighted by atomic mass is 9.53. The van der Waals surface area contributed by atoms with Gasteiger partial charge in [0, 0.05) is 24.8 Å². The van der Waals surface area contributed by atoms with E-state index in [2.05, 4.69) is 6.92 Å². The van der Waals surface area contributed by atoms with Crippen LogP contribution in [-0.2, 0) is 19.1 Å². The van der Waals surface area contributed by atoms with Crippen LogP contribution in [0, 0.1) is 24.2 Å². The quantitative estimate of drug-likeness (QED) is 0.762. The molecule has 136 valence electrons. The minimum absolute atomic E-state index is 0.111. The average molecular weight is 348 g/mol. The summed E-state index contributed by atoms with van der Waals surface area (Å²) in [5, 5.41) is 0. The number of esters is 2. The standard InChI is InChI=1S/C19H24O6/c1-9-8-23-17-14(9)18(25-12(4)21)19(5)10(2)6-7-13(24-11(3)20)15(19)16(17)22/h8,10,13,15,18H,6-7H2,1-5H3/t10-,13-,15-,18+,19+/m0/s1. The Labute approximate surface area is 146 Å². The van der Waals surface area contributed by atoms with Crippen molar-refractivity contribution in [3.05, 3.63) is 23.2 Å². The third kappa shape index (κ3) is 2.58. The van der Waals surface area contributed by atoms with Crippen molar-refractivity contribution in [2.24, 2.45) is 17.3 Å². The number of hydrogen-bond donors (Lipinski definition) is 0. The van der Waals surface area contributed by atoms with Crippen LogP contribution in [0.5, 0.6) is 0 Å². The van der Waals surface area contributed by atoms with Gasteiger partial charge in [-0.2, -0.15) is 0 Å². The number of furan rings is 1. The SMILES string of the molecule is CC(=O)O[C@H]1CC[C@H](C)[C@@]2(C)[C@H](OC(C)=O)c3c(C)coc3C(=O)[C@H]12. The fourth-order valence-electron chi connectivity index (χ4n) is 4.59. The second-order valence-corrected chi connectivity index (χ2v) is 7.49. The lowest BCUT2D eigenvalue weighted by molar-refractivity contribution is -0.179. The van der Waals surface area contributed by atoms with Gasteiger partial charge in [0.25, 0.3) is 0 Å². The predicted molar refractivity (Wildman–Crippen MR) is 87.8 cm³/mol. The zero-order chi connectivity index (χ0) is 18.5. The normalized spacial score (nSPS) is 34.0. The molecule has 1 aromatic rings. The van der Waals surface area contributed by atoms with Crippen LogP contribution < -0.4 is 0 Å². The van der Waals surface area contributed by atoms with E-state index in [4.69, 9.17) is 13.9 Å². The summed E-state index contributed by atoms with van der Waals surface area (Å²) >= 11 is 0. The van der Waals surface area contributed by atoms with Gasteiger partial charge in [0.2, 0.25) is 5.78 Å². The molecule has 0 aromatic carbocycles. The average Bonchev–Trinajstić information content (AvgIpc) is 2.88. The maximum atomic E-state index is 13.2. The summed E-state index contributed by atoms with van der Waals surface area (Å²) < 4.78 is 16.7. The Bertz CT molecular complexity index is 732. The van der Waals surface area contributed by atoms with Crippen LogP contribution in [0.4, 0.5) is 0 Å². The summed E-state index contributed by atoms with van der Waals surface area (Å²) in [6.07, 6.45) is 1.76. The van der Waals surface area contributed by atoms with E-state index < -0.39 is 35.5 Å². The van der Waals surface area contributed by atoms with Gasteiger partial charge < -0.3 is 13.9 Å². The third-order valence-electron chi connectivity index (χ3n) is 5.95. The molecule has 0 bridgehead atoms. The molecular formula is C19H24O6. The topological polar surface area (TPSA) is 82.8 Å². The van der Waals surface area contributed by atoms with Crippen molar-refractivity contribution in [3.63, 3.8) is 0 Å². The smallest absolute Gasteiger partial charge is 0.303 e. The van der Waals surface area contributed by atoms with Gasteiger partial charge in [-0.1, -0.05) is 13.8 Å². The van der Waals surface area contributed by atoms with Gasteiger partial charge in [-0.15, -0.1) is 0 Å². The lowest BCUT2D eigenvalue weighted by Gasteiger charge is -2.53. The molecule has 2 aliphatic rings. The van der Waals surface area contributed by atoms with E-state index in [1.807, 2.05) is 13.8 Å². The number of Topliss-reactive ketones (excluding diaryl/α,β-unsaturated/α-hetero) is 1. The number of carbonyl (C=O) groups is 3. The Balaban J connectivity index is 2.18. The molecule has 0 N–H and O–H groups in total. The van der Waals surface area contributed by atoms with Crippen molar-refractivity contribution < 1.29 is 28.3 Å². The van der Waals surface area contributed by atoms with Crippen LogP contribution in [0.2, 0.25) is 0 Å². The molecule has 0 aliphatic heterocycles. The van der Waals surface area contributed by atoms with Crippen LogP contribution in [0.1, 0.15) is 68.3 Å². The van der Waals surface area contributed by atoms with Crippen molar-refractivity contribution in [3.8, 4) is 0 Å². The maximum absolute atomic E-state index is 13.2. The first kappa shape index (κ1) is 17.7. The van der Waals surface area contributed by atoms with Crippen molar-refractivity contribution in [2.75, 3.05) is 0 Å². The molecule has 5 atom stereocenters. The molecule has 1 fully saturated rings. The van der Waals surface area contributed by atoms with E-state index in [0.29, 0.717) is 12.0 Å².